The van der Waals surface area contributed by atoms with Gasteiger partial charge in [-0.05, 0) is 44.1 Å². The van der Waals surface area contributed by atoms with Crippen molar-refractivity contribution < 1.29 is 0 Å². The van der Waals surface area contributed by atoms with Gasteiger partial charge in [0.2, 0.25) is 0 Å². The van der Waals surface area contributed by atoms with E-state index in [0.717, 1.165) is 0 Å². The molecule has 1 aromatic carbocycles. The molecule has 0 bridgehead atoms. The monoisotopic (exact) mass is 260 g/mol. The maximum absolute atomic E-state index is 2.58. The SMILES string of the molecule is CC.CCN1CCC2(CC1)CN(C)c1ccccc12. The standard InChI is InChI=1S/C15H22N2.C2H6/c1-3-17-10-8-15(9-11-17)12-16(2)14-7-5-4-6-13(14)15;1-2/h4-7H,3,8-12H2,1-2H3;1-2H3. The molecule has 1 aromatic rings. The molecular weight excluding hydrogens is 232 g/mol. The minimum absolute atomic E-state index is 0.441. The molecule has 1 saturated heterocycles. The van der Waals surface area contributed by atoms with Gasteiger partial charge >= 0.3 is 0 Å². The summed E-state index contributed by atoms with van der Waals surface area (Å²) in [5.74, 6) is 0. The second-order valence-corrected chi connectivity index (χ2v) is 5.59. The van der Waals surface area contributed by atoms with Crippen LogP contribution >= 0.6 is 0 Å². The van der Waals surface area contributed by atoms with Crippen LogP contribution in [0.1, 0.15) is 39.2 Å². The van der Waals surface area contributed by atoms with E-state index in [4.69, 9.17) is 0 Å². The summed E-state index contributed by atoms with van der Waals surface area (Å²) in [7, 11) is 2.24. The average molecular weight is 260 g/mol. The minimum Gasteiger partial charge on any atom is -0.373 e. The summed E-state index contributed by atoms with van der Waals surface area (Å²) in [6.07, 6.45) is 2.64. The smallest absolute Gasteiger partial charge is 0.0402 e. The Bertz CT molecular complexity index is 405. The van der Waals surface area contributed by atoms with Crippen LogP contribution in [0.4, 0.5) is 5.69 Å². The van der Waals surface area contributed by atoms with Crippen LogP contribution in [0.3, 0.4) is 0 Å². The first kappa shape index (κ1) is 14.4. The molecule has 0 saturated carbocycles. The molecule has 2 aliphatic heterocycles. The summed E-state index contributed by atoms with van der Waals surface area (Å²) in [5, 5.41) is 0. The van der Waals surface area contributed by atoms with E-state index in [1.165, 1.54) is 44.7 Å². The molecule has 3 rings (SSSR count). The Morgan fingerprint density at radius 3 is 2.37 bits per heavy atom. The molecule has 0 radical (unpaired) electrons. The number of likely N-dealkylation sites (tertiary alicyclic amines) is 1. The fourth-order valence-electron chi connectivity index (χ4n) is 3.60. The topological polar surface area (TPSA) is 6.48 Å². The van der Waals surface area contributed by atoms with Crippen molar-refractivity contribution in [3.63, 3.8) is 0 Å². The summed E-state index contributed by atoms with van der Waals surface area (Å²) >= 11 is 0. The number of anilines is 1. The molecule has 0 aliphatic carbocycles. The van der Waals surface area contributed by atoms with E-state index in [-0.39, 0.29) is 0 Å². The minimum atomic E-state index is 0.441. The second kappa shape index (κ2) is 5.96. The molecule has 0 atom stereocenters. The molecule has 1 spiro atoms. The largest absolute Gasteiger partial charge is 0.373 e. The third kappa shape index (κ3) is 2.51. The third-order valence-corrected chi connectivity index (χ3v) is 4.69. The summed E-state index contributed by atoms with van der Waals surface area (Å²) in [5.41, 5.74) is 3.49. The van der Waals surface area contributed by atoms with Gasteiger partial charge in [0.25, 0.3) is 0 Å². The Hall–Kier alpha value is -1.02. The number of piperidine rings is 1. The van der Waals surface area contributed by atoms with Crippen LogP contribution in [-0.2, 0) is 5.41 Å². The Balaban J connectivity index is 0.000000637. The lowest BCUT2D eigenvalue weighted by molar-refractivity contribution is 0.174. The number of nitrogens with zero attached hydrogens (tertiary/aromatic N) is 2. The lowest BCUT2D eigenvalue weighted by atomic mass is 9.74. The molecule has 106 valence electrons. The molecule has 2 heteroatoms. The van der Waals surface area contributed by atoms with E-state index in [9.17, 15) is 0 Å². The fraction of sp³-hybridized carbons (Fsp3) is 0.647. The van der Waals surface area contributed by atoms with Crippen LogP contribution in [0.2, 0.25) is 0 Å². The van der Waals surface area contributed by atoms with Gasteiger partial charge in [-0.2, -0.15) is 0 Å². The van der Waals surface area contributed by atoms with Gasteiger partial charge < -0.3 is 9.80 Å². The molecule has 0 unspecified atom stereocenters. The second-order valence-electron chi connectivity index (χ2n) is 5.59. The molecule has 0 amide bonds. The number of fused-ring (bicyclic) bond motifs is 2. The lowest BCUT2D eigenvalue weighted by Gasteiger charge is -2.39. The first-order valence-corrected chi connectivity index (χ1v) is 7.78. The number of hydrogen-bond acceptors (Lipinski definition) is 2. The van der Waals surface area contributed by atoms with Crippen LogP contribution in [0.25, 0.3) is 0 Å². The summed E-state index contributed by atoms with van der Waals surface area (Å²) < 4.78 is 0. The van der Waals surface area contributed by atoms with Crippen molar-refractivity contribution in [3.8, 4) is 0 Å². The number of likely N-dealkylation sites (N-methyl/N-ethyl adjacent to an activating group) is 1. The quantitative estimate of drug-likeness (QED) is 0.762. The third-order valence-electron chi connectivity index (χ3n) is 4.69. The van der Waals surface area contributed by atoms with E-state index >= 15 is 0 Å². The van der Waals surface area contributed by atoms with Crippen molar-refractivity contribution in [1.82, 2.24) is 4.90 Å². The van der Waals surface area contributed by atoms with Crippen LogP contribution in [-0.4, -0.2) is 38.1 Å². The van der Waals surface area contributed by atoms with Gasteiger partial charge in [-0.3, -0.25) is 0 Å². The Morgan fingerprint density at radius 1 is 1.11 bits per heavy atom. The van der Waals surface area contributed by atoms with Crippen molar-refractivity contribution >= 4 is 5.69 Å². The fourth-order valence-corrected chi connectivity index (χ4v) is 3.60. The maximum atomic E-state index is 2.58. The van der Waals surface area contributed by atoms with Crippen molar-refractivity contribution in [3.05, 3.63) is 29.8 Å². The van der Waals surface area contributed by atoms with E-state index in [1.54, 1.807) is 5.56 Å². The summed E-state index contributed by atoms with van der Waals surface area (Å²) in [4.78, 5) is 5.02. The highest BCUT2D eigenvalue weighted by molar-refractivity contribution is 5.62. The molecule has 0 aromatic heterocycles. The van der Waals surface area contributed by atoms with Gasteiger partial charge in [0.15, 0.2) is 0 Å². The predicted molar refractivity (Wildman–Crippen MR) is 84.1 cm³/mol. The van der Waals surface area contributed by atoms with Crippen LogP contribution < -0.4 is 4.90 Å². The van der Waals surface area contributed by atoms with Crippen molar-refractivity contribution in [2.45, 2.75) is 39.0 Å². The molecule has 2 aliphatic rings. The summed E-state index contributed by atoms with van der Waals surface area (Å²) in [6.45, 7) is 11.2. The molecule has 2 heterocycles. The van der Waals surface area contributed by atoms with Gasteiger partial charge in [-0.25, -0.2) is 0 Å². The molecule has 19 heavy (non-hydrogen) atoms. The molecule has 1 fully saturated rings. The number of hydrogen-bond donors (Lipinski definition) is 0. The summed E-state index contributed by atoms with van der Waals surface area (Å²) in [6, 6.07) is 8.98. The predicted octanol–water partition coefficient (Wildman–Crippen LogP) is 3.52. The zero-order valence-corrected chi connectivity index (χ0v) is 12.9. The number of para-hydroxylation sites is 1. The van der Waals surface area contributed by atoms with Crippen LogP contribution in [0, 0.1) is 0 Å². The highest BCUT2D eigenvalue weighted by Crippen LogP contribution is 2.46. The zero-order chi connectivity index (χ0) is 13.9. The zero-order valence-electron chi connectivity index (χ0n) is 12.9. The van der Waals surface area contributed by atoms with Gasteiger partial charge in [-0.1, -0.05) is 39.0 Å². The van der Waals surface area contributed by atoms with Crippen molar-refractivity contribution in [1.29, 1.82) is 0 Å². The van der Waals surface area contributed by atoms with Gasteiger partial charge in [-0.15, -0.1) is 0 Å². The van der Waals surface area contributed by atoms with Gasteiger partial charge in [0.1, 0.15) is 0 Å². The number of benzene rings is 1. The maximum Gasteiger partial charge on any atom is 0.0402 e. The van der Waals surface area contributed by atoms with Gasteiger partial charge in [0, 0.05) is 24.7 Å². The molecule has 2 nitrogen and oxygen atoms in total. The molecule has 0 N–H and O–H groups in total. The van der Waals surface area contributed by atoms with Crippen LogP contribution in [0.5, 0.6) is 0 Å². The first-order valence-electron chi connectivity index (χ1n) is 7.78. The Morgan fingerprint density at radius 2 is 1.74 bits per heavy atom. The van der Waals surface area contributed by atoms with E-state index < -0.39 is 0 Å². The normalized spacial score (nSPS) is 20.9. The average Bonchev–Trinajstić information content (AvgIpc) is 2.76. The van der Waals surface area contributed by atoms with E-state index in [2.05, 4.69) is 48.0 Å². The Labute approximate surface area is 118 Å². The lowest BCUT2D eigenvalue weighted by Crippen LogP contribution is -2.44. The van der Waals surface area contributed by atoms with Gasteiger partial charge in [0.05, 0.1) is 0 Å². The Kier molecular flexibility index (Phi) is 4.51. The van der Waals surface area contributed by atoms with E-state index in [1.807, 2.05) is 13.8 Å². The molecular formula is C17H28N2. The van der Waals surface area contributed by atoms with E-state index in [0.29, 0.717) is 5.41 Å². The highest BCUT2D eigenvalue weighted by Gasteiger charge is 2.42. The first-order chi connectivity index (χ1) is 9.25. The van der Waals surface area contributed by atoms with Crippen molar-refractivity contribution in [2.75, 3.05) is 38.1 Å². The van der Waals surface area contributed by atoms with Crippen molar-refractivity contribution in [2.24, 2.45) is 0 Å². The highest BCUT2D eigenvalue weighted by atomic mass is 15.2. The van der Waals surface area contributed by atoms with Crippen LogP contribution in [0.15, 0.2) is 24.3 Å². The number of rotatable bonds is 1.